The van der Waals surface area contributed by atoms with Crippen LogP contribution in [0.4, 0.5) is 18.9 Å². The van der Waals surface area contributed by atoms with Gasteiger partial charge in [-0.1, -0.05) is 19.9 Å². The molecule has 2 amide bonds. The lowest BCUT2D eigenvalue weighted by Crippen LogP contribution is -2.25. The lowest BCUT2D eigenvalue weighted by atomic mass is 10.2. The molecule has 0 aromatic heterocycles. The van der Waals surface area contributed by atoms with Gasteiger partial charge in [0, 0.05) is 17.3 Å². The number of alkyl halides is 3. The quantitative estimate of drug-likeness (QED) is 0.643. The van der Waals surface area contributed by atoms with E-state index < -0.39 is 17.6 Å². The molecule has 0 bridgehead atoms. The van der Waals surface area contributed by atoms with Crippen molar-refractivity contribution in [1.82, 2.24) is 5.43 Å². The van der Waals surface area contributed by atoms with E-state index in [1.54, 1.807) is 13.8 Å². The Morgan fingerprint density at radius 3 is 2.48 bits per heavy atom. The molecule has 0 atom stereocenters. The number of hydrogen-bond donors (Lipinski definition) is 2. The summed E-state index contributed by atoms with van der Waals surface area (Å²) >= 11 is 0. The van der Waals surface area contributed by atoms with Crippen molar-refractivity contribution in [3.05, 3.63) is 29.8 Å². The van der Waals surface area contributed by atoms with Crippen LogP contribution in [0.3, 0.4) is 0 Å². The normalized spacial score (nSPS) is 12.2. The first-order valence-corrected chi connectivity index (χ1v) is 6.89. The molecule has 0 aliphatic carbocycles. The molecule has 0 radical (unpaired) electrons. The van der Waals surface area contributed by atoms with Crippen LogP contribution in [0.1, 0.15) is 32.8 Å². The number of carbonyl (C=O) groups is 2. The molecule has 5 nitrogen and oxygen atoms in total. The number of hydrazone groups is 1. The molecule has 0 saturated heterocycles. The molecule has 1 aromatic rings. The number of anilines is 1. The average molecular weight is 329 g/mol. The summed E-state index contributed by atoms with van der Waals surface area (Å²) in [6.45, 7) is 4.92. The molecule has 23 heavy (non-hydrogen) atoms. The highest BCUT2D eigenvalue weighted by Crippen LogP contribution is 2.30. The van der Waals surface area contributed by atoms with Crippen molar-refractivity contribution in [3.8, 4) is 0 Å². The monoisotopic (exact) mass is 329 g/mol. The summed E-state index contributed by atoms with van der Waals surface area (Å²) in [5, 5.41) is 6.12. The predicted molar refractivity (Wildman–Crippen MR) is 80.8 cm³/mol. The summed E-state index contributed by atoms with van der Waals surface area (Å²) in [6.07, 6.45) is -4.62. The van der Waals surface area contributed by atoms with E-state index in [0.29, 0.717) is 5.71 Å². The van der Waals surface area contributed by atoms with Gasteiger partial charge in [0.2, 0.25) is 11.8 Å². The zero-order valence-electron chi connectivity index (χ0n) is 13.0. The fourth-order valence-corrected chi connectivity index (χ4v) is 1.53. The molecule has 0 spiro atoms. The second-order valence-corrected chi connectivity index (χ2v) is 5.28. The number of hydrogen-bond acceptors (Lipinski definition) is 3. The maximum absolute atomic E-state index is 12.6. The minimum Gasteiger partial charge on any atom is -0.326 e. The molecule has 1 aromatic carbocycles. The van der Waals surface area contributed by atoms with Crippen LogP contribution in [0.2, 0.25) is 0 Å². The second kappa shape index (κ2) is 7.75. The van der Waals surface area contributed by atoms with E-state index in [9.17, 15) is 22.8 Å². The van der Waals surface area contributed by atoms with Crippen molar-refractivity contribution >= 4 is 23.2 Å². The highest BCUT2D eigenvalue weighted by molar-refractivity contribution is 6.05. The van der Waals surface area contributed by atoms with Gasteiger partial charge in [-0.15, -0.1) is 0 Å². The van der Waals surface area contributed by atoms with Gasteiger partial charge in [0.1, 0.15) is 0 Å². The predicted octanol–water partition coefficient (Wildman–Crippen LogP) is 3.18. The third kappa shape index (κ3) is 6.50. The van der Waals surface area contributed by atoms with Crippen LogP contribution in [-0.2, 0) is 15.8 Å². The zero-order chi connectivity index (χ0) is 17.6. The Hall–Kier alpha value is -2.38. The van der Waals surface area contributed by atoms with Crippen molar-refractivity contribution in [1.29, 1.82) is 0 Å². The average Bonchev–Trinajstić information content (AvgIpc) is 2.43. The van der Waals surface area contributed by atoms with Gasteiger partial charge in [0.15, 0.2) is 0 Å². The fraction of sp³-hybridized carbons (Fsp3) is 0.400. The second-order valence-electron chi connectivity index (χ2n) is 5.28. The Morgan fingerprint density at radius 2 is 1.91 bits per heavy atom. The number of carbonyl (C=O) groups excluding carboxylic acids is 2. The van der Waals surface area contributed by atoms with Crippen molar-refractivity contribution in [2.45, 2.75) is 33.4 Å². The standard InChI is InChI=1S/C15H18F3N3O2/c1-9(2)14(23)21-20-10(3)7-13(22)19-12-6-4-5-11(8-12)15(16,17)18/h4-6,8-9H,7H2,1-3H3,(H,19,22)(H,21,23)/b20-10+. The maximum atomic E-state index is 12.6. The minimum absolute atomic E-state index is 0.0452. The lowest BCUT2D eigenvalue weighted by Gasteiger charge is -2.10. The topological polar surface area (TPSA) is 70.6 Å². The van der Waals surface area contributed by atoms with Crippen LogP contribution in [0.5, 0.6) is 0 Å². The first kappa shape index (κ1) is 18.7. The van der Waals surface area contributed by atoms with Gasteiger partial charge >= 0.3 is 6.18 Å². The van der Waals surface area contributed by atoms with Gasteiger partial charge in [-0.3, -0.25) is 9.59 Å². The lowest BCUT2D eigenvalue weighted by molar-refractivity contribution is -0.137. The molecule has 0 heterocycles. The first-order chi connectivity index (χ1) is 10.6. The molecular weight excluding hydrogens is 311 g/mol. The molecule has 2 N–H and O–H groups in total. The number of halogens is 3. The number of nitrogens with zero attached hydrogens (tertiary/aromatic N) is 1. The van der Waals surface area contributed by atoms with Gasteiger partial charge in [-0.2, -0.15) is 18.3 Å². The van der Waals surface area contributed by atoms with Crippen LogP contribution in [0.15, 0.2) is 29.4 Å². The molecule has 8 heteroatoms. The number of nitrogens with one attached hydrogen (secondary N) is 2. The van der Waals surface area contributed by atoms with Crippen molar-refractivity contribution in [2.24, 2.45) is 11.0 Å². The summed E-state index contributed by atoms with van der Waals surface area (Å²) in [4.78, 5) is 23.1. The molecule has 126 valence electrons. The summed E-state index contributed by atoms with van der Waals surface area (Å²) in [7, 11) is 0. The highest BCUT2D eigenvalue weighted by atomic mass is 19.4. The minimum atomic E-state index is -4.47. The van der Waals surface area contributed by atoms with E-state index >= 15 is 0 Å². The molecule has 0 aliphatic heterocycles. The van der Waals surface area contributed by atoms with Gasteiger partial charge in [0.05, 0.1) is 12.0 Å². The van der Waals surface area contributed by atoms with Gasteiger partial charge in [0.25, 0.3) is 0 Å². The summed E-state index contributed by atoms with van der Waals surface area (Å²) in [5.74, 6) is -1.06. The van der Waals surface area contributed by atoms with E-state index in [1.807, 2.05) is 0 Å². The van der Waals surface area contributed by atoms with E-state index in [2.05, 4.69) is 15.8 Å². The highest BCUT2D eigenvalue weighted by Gasteiger charge is 2.30. The molecule has 0 aliphatic rings. The summed E-state index contributed by atoms with van der Waals surface area (Å²) in [6, 6.07) is 4.34. The molecule has 0 saturated carbocycles. The van der Waals surface area contributed by atoms with E-state index in [0.717, 1.165) is 12.1 Å². The third-order valence-electron chi connectivity index (χ3n) is 2.77. The third-order valence-corrected chi connectivity index (χ3v) is 2.77. The van der Waals surface area contributed by atoms with E-state index in [1.165, 1.54) is 19.1 Å². The van der Waals surface area contributed by atoms with Crippen LogP contribution < -0.4 is 10.7 Å². The molecule has 1 rings (SSSR count). The zero-order valence-corrected chi connectivity index (χ0v) is 13.0. The van der Waals surface area contributed by atoms with Crippen LogP contribution in [0.25, 0.3) is 0 Å². The smallest absolute Gasteiger partial charge is 0.326 e. The van der Waals surface area contributed by atoms with Gasteiger partial charge in [-0.25, -0.2) is 5.43 Å². The fourth-order valence-electron chi connectivity index (χ4n) is 1.53. The maximum Gasteiger partial charge on any atom is 0.416 e. The SMILES string of the molecule is C/C(CC(=O)Nc1cccc(C(F)(F)F)c1)=N\NC(=O)C(C)C. The van der Waals surface area contributed by atoms with Crippen LogP contribution >= 0.6 is 0 Å². The number of rotatable bonds is 5. The van der Waals surface area contributed by atoms with Crippen molar-refractivity contribution < 1.29 is 22.8 Å². The number of benzene rings is 1. The van der Waals surface area contributed by atoms with Crippen LogP contribution in [-0.4, -0.2) is 17.5 Å². The largest absolute Gasteiger partial charge is 0.416 e. The number of amides is 2. The summed E-state index contributed by atoms with van der Waals surface area (Å²) in [5.41, 5.74) is 1.84. The first-order valence-electron chi connectivity index (χ1n) is 6.89. The van der Waals surface area contributed by atoms with Crippen molar-refractivity contribution in [3.63, 3.8) is 0 Å². The Morgan fingerprint density at radius 1 is 1.26 bits per heavy atom. The Bertz CT molecular complexity index is 610. The molecule has 0 fully saturated rings. The summed E-state index contributed by atoms with van der Waals surface area (Å²) < 4.78 is 37.8. The van der Waals surface area contributed by atoms with E-state index in [4.69, 9.17) is 0 Å². The van der Waals surface area contributed by atoms with Crippen molar-refractivity contribution in [2.75, 3.05) is 5.32 Å². The molecular formula is C15H18F3N3O2. The van der Waals surface area contributed by atoms with Gasteiger partial charge < -0.3 is 5.32 Å². The van der Waals surface area contributed by atoms with E-state index in [-0.39, 0.29) is 23.9 Å². The Kier molecular flexibility index (Phi) is 6.29. The van der Waals surface area contributed by atoms with Crippen LogP contribution in [0, 0.1) is 5.92 Å². The van der Waals surface area contributed by atoms with Gasteiger partial charge in [-0.05, 0) is 25.1 Å². The Balaban J connectivity index is 2.63. The molecule has 0 unspecified atom stereocenters. The Labute approximate surface area is 132 Å².